The Morgan fingerprint density at radius 3 is 2.19 bits per heavy atom. The van der Waals surface area contributed by atoms with Crippen molar-refractivity contribution in [3.63, 3.8) is 0 Å². The van der Waals surface area contributed by atoms with Gasteiger partial charge in [0.15, 0.2) is 0 Å². The zero-order valence-corrected chi connectivity index (χ0v) is 14.7. The van der Waals surface area contributed by atoms with Gasteiger partial charge in [-0.1, -0.05) is 19.1 Å². The van der Waals surface area contributed by atoms with Gasteiger partial charge in [-0.25, -0.2) is 0 Å². The van der Waals surface area contributed by atoms with E-state index >= 15 is 0 Å². The van der Waals surface area contributed by atoms with E-state index in [0.29, 0.717) is 6.04 Å². The fourth-order valence-electron chi connectivity index (χ4n) is 3.93. The van der Waals surface area contributed by atoms with E-state index in [-0.39, 0.29) is 5.54 Å². The van der Waals surface area contributed by atoms with Gasteiger partial charge in [-0.2, -0.15) is 0 Å². The maximum absolute atomic E-state index is 3.63. The highest BCUT2D eigenvalue weighted by Gasteiger charge is 2.40. The van der Waals surface area contributed by atoms with Gasteiger partial charge in [0.05, 0.1) is 6.04 Å². The Kier molecular flexibility index (Phi) is 5.11. The molecule has 0 bridgehead atoms. The van der Waals surface area contributed by atoms with E-state index in [0.717, 1.165) is 0 Å². The smallest absolute Gasteiger partial charge is 0.0504 e. The number of aryl methyl sites for hydroxylation is 3. The second-order valence-corrected chi connectivity index (χ2v) is 6.92. The number of hydrogen-bond acceptors (Lipinski definition) is 2. The summed E-state index contributed by atoms with van der Waals surface area (Å²) in [4.78, 5) is 2.70. The van der Waals surface area contributed by atoms with E-state index in [4.69, 9.17) is 0 Å². The Morgan fingerprint density at radius 2 is 1.67 bits per heavy atom. The summed E-state index contributed by atoms with van der Waals surface area (Å²) < 4.78 is 0. The summed E-state index contributed by atoms with van der Waals surface area (Å²) in [5.41, 5.74) is 5.87. The van der Waals surface area contributed by atoms with Crippen molar-refractivity contribution in [2.24, 2.45) is 0 Å². The molecule has 2 unspecified atom stereocenters. The van der Waals surface area contributed by atoms with Gasteiger partial charge in [0, 0.05) is 5.54 Å². The highest BCUT2D eigenvalue weighted by atomic mass is 15.2. The van der Waals surface area contributed by atoms with Gasteiger partial charge in [-0.3, -0.25) is 4.90 Å². The van der Waals surface area contributed by atoms with E-state index in [1.54, 1.807) is 0 Å². The number of nitrogens with zero attached hydrogens (tertiary/aromatic N) is 1. The van der Waals surface area contributed by atoms with Gasteiger partial charge < -0.3 is 5.32 Å². The molecule has 0 aliphatic carbocycles. The molecule has 0 amide bonds. The van der Waals surface area contributed by atoms with Gasteiger partial charge in [0.25, 0.3) is 0 Å². The molecule has 0 spiro atoms. The fourth-order valence-corrected chi connectivity index (χ4v) is 3.93. The Balaban J connectivity index is 2.44. The van der Waals surface area contributed by atoms with Crippen molar-refractivity contribution in [2.75, 3.05) is 20.1 Å². The standard InChI is InChI=1S/C19H32N2/c1-7-19(5,21-10-8-9-11-21)18(20-6)17-13-15(3)14(2)12-16(17)4/h12-13,18,20H,7-11H2,1-6H3. The summed E-state index contributed by atoms with van der Waals surface area (Å²) in [7, 11) is 2.11. The second-order valence-electron chi connectivity index (χ2n) is 6.92. The van der Waals surface area contributed by atoms with Crippen LogP contribution < -0.4 is 5.32 Å². The van der Waals surface area contributed by atoms with Gasteiger partial charge in [-0.05, 0) is 89.3 Å². The molecule has 2 atom stereocenters. The summed E-state index contributed by atoms with van der Waals surface area (Å²) in [6.45, 7) is 13.9. The van der Waals surface area contributed by atoms with Crippen LogP contribution in [0.3, 0.4) is 0 Å². The Morgan fingerprint density at radius 1 is 1.10 bits per heavy atom. The van der Waals surface area contributed by atoms with Crippen LogP contribution in [0.4, 0.5) is 0 Å². The van der Waals surface area contributed by atoms with Crippen molar-refractivity contribution in [1.29, 1.82) is 0 Å². The molecule has 1 aliphatic heterocycles. The van der Waals surface area contributed by atoms with Crippen LogP contribution in [0, 0.1) is 20.8 Å². The molecule has 21 heavy (non-hydrogen) atoms. The average molecular weight is 288 g/mol. The predicted octanol–water partition coefficient (Wildman–Crippen LogP) is 4.14. The van der Waals surface area contributed by atoms with Gasteiger partial charge in [0.1, 0.15) is 0 Å². The van der Waals surface area contributed by atoms with Gasteiger partial charge in [-0.15, -0.1) is 0 Å². The van der Waals surface area contributed by atoms with Crippen LogP contribution in [0.5, 0.6) is 0 Å². The quantitative estimate of drug-likeness (QED) is 0.876. The molecule has 2 heteroatoms. The van der Waals surface area contributed by atoms with E-state index in [1.165, 1.54) is 54.6 Å². The summed E-state index contributed by atoms with van der Waals surface area (Å²) >= 11 is 0. The lowest BCUT2D eigenvalue weighted by Gasteiger charge is -2.45. The molecule has 1 aliphatic rings. The van der Waals surface area contributed by atoms with E-state index in [9.17, 15) is 0 Å². The lowest BCUT2D eigenvalue weighted by atomic mass is 9.80. The first-order valence-electron chi connectivity index (χ1n) is 8.44. The number of benzene rings is 1. The second kappa shape index (κ2) is 6.50. The molecule has 0 aromatic heterocycles. The Bertz CT molecular complexity index is 489. The van der Waals surface area contributed by atoms with Crippen molar-refractivity contribution in [2.45, 2.75) is 65.5 Å². The number of likely N-dealkylation sites (tertiary alicyclic amines) is 1. The zero-order valence-electron chi connectivity index (χ0n) is 14.7. The minimum Gasteiger partial charge on any atom is -0.311 e. The van der Waals surface area contributed by atoms with Crippen LogP contribution >= 0.6 is 0 Å². The van der Waals surface area contributed by atoms with Crippen molar-refractivity contribution < 1.29 is 0 Å². The van der Waals surface area contributed by atoms with Crippen LogP contribution in [-0.4, -0.2) is 30.6 Å². The maximum Gasteiger partial charge on any atom is 0.0504 e. The van der Waals surface area contributed by atoms with Crippen LogP contribution in [0.2, 0.25) is 0 Å². The molecular formula is C19H32N2. The van der Waals surface area contributed by atoms with Crippen molar-refractivity contribution >= 4 is 0 Å². The molecule has 2 rings (SSSR count). The molecular weight excluding hydrogens is 256 g/mol. The van der Waals surface area contributed by atoms with Crippen molar-refractivity contribution in [3.05, 3.63) is 34.4 Å². The van der Waals surface area contributed by atoms with E-state index in [2.05, 4.69) is 64.0 Å². The largest absolute Gasteiger partial charge is 0.311 e. The SMILES string of the molecule is CCC(C)(C(NC)c1cc(C)c(C)cc1C)N1CCCC1. The molecule has 118 valence electrons. The highest BCUT2D eigenvalue weighted by Crippen LogP contribution is 2.38. The molecule has 1 aromatic carbocycles. The summed E-state index contributed by atoms with van der Waals surface area (Å²) in [6, 6.07) is 5.13. The molecule has 2 nitrogen and oxygen atoms in total. The van der Waals surface area contributed by atoms with Crippen molar-refractivity contribution in [3.8, 4) is 0 Å². The van der Waals surface area contributed by atoms with Crippen molar-refractivity contribution in [1.82, 2.24) is 10.2 Å². The number of nitrogens with one attached hydrogen (secondary N) is 1. The highest BCUT2D eigenvalue weighted by molar-refractivity contribution is 5.39. The zero-order chi connectivity index (χ0) is 15.6. The first-order valence-corrected chi connectivity index (χ1v) is 8.44. The molecule has 0 radical (unpaired) electrons. The first kappa shape index (κ1) is 16.5. The molecule has 1 N–H and O–H groups in total. The lowest BCUT2D eigenvalue weighted by Crippen LogP contribution is -2.52. The molecule has 1 aromatic rings. The predicted molar refractivity (Wildman–Crippen MR) is 92.0 cm³/mol. The lowest BCUT2D eigenvalue weighted by molar-refractivity contribution is 0.0870. The summed E-state index contributed by atoms with van der Waals surface area (Å²) in [6.07, 6.45) is 3.86. The fraction of sp³-hybridized carbons (Fsp3) is 0.684. The van der Waals surface area contributed by atoms with E-state index in [1.807, 2.05) is 0 Å². The average Bonchev–Trinajstić information content (AvgIpc) is 2.99. The third-order valence-electron chi connectivity index (χ3n) is 5.65. The topological polar surface area (TPSA) is 15.3 Å². The molecule has 1 saturated heterocycles. The number of hydrogen-bond donors (Lipinski definition) is 1. The van der Waals surface area contributed by atoms with Crippen LogP contribution in [0.15, 0.2) is 12.1 Å². The Labute approximate surface area is 130 Å². The third-order valence-corrected chi connectivity index (χ3v) is 5.65. The molecule has 0 saturated carbocycles. The summed E-state index contributed by atoms with van der Waals surface area (Å²) in [5.74, 6) is 0. The van der Waals surface area contributed by atoms with E-state index < -0.39 is 0 Å². The number of rotatable bonds is 5. The Hall–Kier alpha value is -0.860. The number of likely N-dealkylation sites (N-methyl/N-ethyl adjacent to an activating group) is 1. The monoisotopic (exact) mass is 288 g/mol. The van der Waals surface area contributed by atoms with Gasteiger partial charge in [0.2, 0.25) is 0 Å². The normalized spacial score (nSPS) is 20.5. The third kappa shape index (κ3) is 3.02. The first-order chi connectivity index (χ1) is 9.93. The maximum atomic E-state index is 3.63. The minimum absolute atomic E-state index is 0.192. The molecule has 1 heterocycles. The van der Waals surface area contributed by atoms with Crippen LogP contribution in [0.1, 0.15) is 61.4 Å². The minimum atomic E-state index is 0.192. The van der Waals surface area contributed by atoms with Gasteiger partial charge >= 0.3 is 0 Å². The van der Waals surface area contributed by atoms with Crippen LogP contribution in [0.25, 0.3) is 0 Å². The summed E-state index contributed by atoms with van der Waals surface area (Å²) in [5, 5.41) is 3.63. The molecule has 1 fully saturated rings. The van der Waals surface area contributed by atoms with Crippen LogP contribution in [-0.2, 0) is 0 Å².